The molecule has 0 aliphatic carbocycles. The quantitative estimate of drug-likeness (QED) is 0.528. The zero-order valence-corrected chi connectivity index (χ0v) is 8.25. The minimum atomic E-state index is -1.08. The summed E-state index contributed by atoms with van der Waals surface area (Å²) in [6.45, 7) is 0. The van der Waals surface area contributed by atoms with Gasteiger partial charge in [-0.2, -0.15) is 0 Å². The molecular formula is C4H7O5Zn. The maximum absolute atomic E-state index is 9.64. The van der Waals surface area contributed by atoms with Crippen LogP contribution < -0.4 is 0 Å². The summed E-state index contributed by atoms with van der Waals surface area (Å²) in [4.78, 5) is 19.3. The summed E-state index contributed by atoms with van der Waals surface area (Å²) in [6, 6.07) is 0. The third kappa shape index (κ3) is 15.6. The van der Waals surface area contributed by atoms with Crippen LogP contribution in [0.1, 0.15) is 12.8 Å². The molecule has 55 valence electrons. The predicted octanol–water partition coefficient (Wildman–Crippen LogP) is -0.624. The van der Waals surface area contributed by atoms with Gasteiger partial charge in [-0.3, -0.25) is 9.59 Å². The Morgan fingerprint density at radius 3 is 1.30 bits per heavy atom. The van der Waals surface area contributed by atoms with Gasteiger partial charge in [0.15, 0.2) is 0 Å². The van der Waals surface area contributed by atoms with Crippen LogP contribution in [0, 0.1) is 0 Å². The molecule has 0 bridgehead atoms. The molecule has 0 atom stereocenters. The molecule has 10 heavy (non-hydrogen) atoms. The van der Waals surface area contributed by atoms with Crippen LogP contribution in [0.2, 0.25) is 0 Å². The average molecular weight is 200 g/mol. The molecule has 0 rings (SSSR count). The molecule has 0 radical (unpaired) electrons. The Morgan fingerprint density at radius 2 is 1.20 bits per heavy atom. The number of carboxylic acids is 2. The second kappa shape index (κ2) is 8.52. The Hall–Kier alpha value is -0.477. The monoisotopic (exact) mass is 199 g/mol. The molecule has 0 aliphatic rings. The zero-order valence-electron chi connectivity index (χ0n) is 5.28. The second-order valence-electron chi connectivity index (χ2n) is 1.29. The van der Waals surface area contributed by atoms with Crippen molar-refractivity contribution in [2.45, 2.75) is 12.8 Å². The van der Waals surface area contributed by atoms with Crippen LogP contribution in [0.3, 0.4) is 0 Å². The fourth-order valence-corrected chi connectivity index (χ4v) is 0.214. The van der Waals surface area contributed by atoms with Crippen LogP contribution in [0.25, 0.3) is 0 Å². The fourth-order valence-electron chi connectivity index (χ4n) is 0.214. The molecule has 0 unspecified atom stereocenters. The molecule has 5 nitrogen and oxygen atoms in total. The van der Waals surface area contributed by atoms with Gasteiger partial charge in [0.05, 0.1) is 12.8 Å². The van der Waals surface area contributed by atoms with Crippen molar-refractivity contribution in [3.63, 3.8) is 0 Å². The normalized spacial score (nSPS) is 7.50. The van der Waals surface area contributed by atoms with Crippen LogP contribution in [0.15, 0.2) is 0 Å². The van der Waals surface area contributed by atoms with E-state index >= 15 is 0 Å². The van der Waals surface area contributed by atoms with Crippen molar-refractivity contribution in [3.05, 3.63) is 0 Å². The van der Waals surface area contributed by atoms with Gasteiger partial charge in [0.1, 0.15) is 0 Å². The SMILES string of the molecule is O=C(O)CCC(=O)O.[OH][Zn]. The van der Waals surface area contributed by atoms with Gasteiger partial charge in [-0.05, 0) is 0 Å². The van der Waals surface area contributed by atoms with Gasteiger partial charge in [0.25, 0.3) is 0 Å². The van der Waals surface area contributed by atoms with Crippen molar-refractivity contribution in [3.8, 4) is 0 Å². The van der Waals surface area contributed by atoms with E-state index in [1.165, 1.54) is 0 Å². The maximum atomic E-state index is 9.64. The van der Waals surface area contributed by atoms with E-state index in [4.69, 9.17) is 14.1 Å². The molecule has 0 spiro atoms. The van der Waals surface area contributed by atoms with Crippen molar-refractivity contribution in [1.29, 1.82) is 0 Å². The Bertz CT molecular complexity index is 98.2. The summed E-state index contributed by atoms with van der Waals surface area (Å²) in [6.07, 6.45) is -0.593. The van der Waals surface area contributed by atoms with Crippen LogP contribution >= 0.6 is 0 Å². The number of carboxylic acid groups (broad SMARTS) is 2. The standard InChI is InChI=1S/C4H6O4.H2O.Zn/c5-3(6)1-2-4(7)8;;/h1-2H2,(H,5,6)(H,7,8);1H2;/q;;+1/p-1. The van der Waals surface area contributed by atoms with E-state index < -0.39 is 11.9 Å². The van der Waals surface area contributed by atoms with Gasteiger partial charge in [-0.25, -0.2) is 0 Å². The van der Waals surface area contributed by atoms with E-state index in [2.05, 4.69) is 0 Å². The number of carbonyl (C=O) groups is 2. The van der Waals surface area contributed by atoms with Gasteiger partial charge < -0.3 is 10.2 Å². The molecule has 0 aromatic heterocycles. The van der Waals surface area contributed by atoms with Crippen molar-refractivity contribution in [1.82, 2.24) is 0 Å². The molecule has 0 heterocycles. The van der Waals surface area contributed by atoms with Crippen molar-refractivity contribution < 1.29 is 42.4 Å². The predicted molar refractivity (Wildman–Crippen MR) is 26.7 cm³/mol. The van der Waals surface area contributed by atoms with Gasteiger partial charge >= 0.3 is 34.5 Å². The molecule has 0 amide bonds. The van der Waals surface area contributed by atoms with E-state index in [-0.39, 0.29) is 12.8 Å². The molecule has 0 aromatic carbocycles. The Labute approximate surface area is 67.8 Å². The third-order valence-corrected chi connectivity index (χ3v) is 0.553. The molecule has 0 fully saturated rings. The molecular weight excluding hydrogens is 193 g/mol. The van der Waals surface area contributed by atoms with E-state index in [0.29, 0.717) is 18.7 Å². The summed E-state index contributed by atoms with van der Waals surface area (Å²) < 4.78 is 7.12. The van der Waals surface area contributed by atoms with Gasteiger partial charge in [0.2, 0.25) is 0 Å². The number of aliphatic carboxylic acids is 2. The molecule has 3 N–H and O–H groups in total. The van der Waals surface area contributed by atoms with Crippen molar-refractivity contribution in [2.24, 2.45) is 0 Å². The van der Waals surface area contributed by atoms with Gasteiger partial charge in [-0.15, -0.1) is 0 Å². The molecule has 6 heteroatoms. The van der Waals surface area contributed by atoms with Gasteiger partial charge in [-0.1, -0.05) is 0 Å². The van der Waals surface area contributed by atoms with Crippen molar-refractivity contribution >= 4 is 11.9 Å². The summed E-state index contributed by atoms with van der Waals surface area (Å²) in [7, 11) is 0. The Morgan fingerprint density at radius 1 is 1.00 bits per heavy atom. The molecule has 0 saturated heterocycles. The topological polar surface area (TPSA) is 94.8 Å². The van der Waals surface area contributed by atoms with Crippen LogP contribution in [0.5, 0.6) is 0 Å². The minimum absolute atomic E-state index is 0.296. The van der Waals surface area contributed by atoms with Crippen molar-refractivity contribution in [2.75, 3.05) is 0 Å². The van der Waals surface area contributed by atoms with Gasteiger partial charge in [0, 0.05) is 0 Å². The first-order chi connectivity index (χ1) is 4.63. The molecule has 0 aliphatic heterocycles. The molecule has 0 saturated carbocycles. The van der Waals surface area contributed by atoms with Crippen LogP contribution in [-0.4, -0.2) is 26.1 Å². The summed E-state index contributed by atoms with van der Waals surface area (Å²) in [5, 5.41) is 15.8. The molecule has 0 aromatic rings. The summed E-state index contributed by atoms with van der Waals surface area (Å²) in [5.41, 5.74) is 0. The van der Waals surface area contributed by atoms with Crippen LogP contribution in [0.4, 0.5) is 0 Å². The zero-order chi connectivity index (χ0) is 8.57. The fraction of sp³-hybridized carbons (Fsp3) is 0.500. The summed E-state index contributed by atoms with van der Waals surface area (Å²) >= 11 is 0.375. The number of hydrogen-bond donors (Lipinski definition) is 3. The Kier molecular flexibility index (Phi) is 10.4. The van der Waals surface area contributed by atoms with E-state index in [1.54, 1.807) is 0 Å². The first kappa shape index (κ1) is 12.2. The third-order valence-electron chi connectivity index (χ3n) is 0.553. The average Bonchev–Trinajstić information content (AvgIpc) is 1.89. The Balaban J connectivity index is 0. The first-order valence-corrected chi connectivity index (χ1v) is 3.71. The number of hydrogen-bond acceptors (Lipinski definition) is 3. The summed E-state index contributed by atoms with van der Waals surface area (Å²) in [5.74, 6) is -2.15. The van der Waals surface area contributed by atoms with Crippen LogP contribution in [-0.2, 0) is 28.3 Å². The number of rotatable bonds is 3. The second-order valence-corrected chi connectivity index (χ2v) is 1.29. The van der Waals surface area contributed by atoms with E-state index in [1.807, 2.05) is 0 Å². The first-order valence-electron chi connectivity index (χ1n) is 2.38. The van der Waals surface area contributed by atoms with E-state index in [0.717, 1.165) is 0 Å². The van der Waals surface area contributed by atoms with E-state index in [9.17, 15) is 9.59 Å².